The molecule has 82 valence electrons. The molecule has 0 aromatic heterocycles. The molecule has 2 saturated heterocycles. The highest BCUT2D eigenvalue weighted by Crippen LogP contribution is 2.44. The number of rotatable bonds is 1. The van der Waals surface area contributed by atoms with Crippen LogP contribution >= 0.6 is 0 Å². The smallest absolute Gasteiger partial charge is 0.190 e. The van der Waals surface area contributed by atoms with Crippen LogP contribution in [0.2, 0.25) is 0 Å². The van der Waals surface area contributed by atoms with Crippen LogP contribution in [0, 0.1) is 0 Å². The van der Waals surface area contributed by atoms with Gasteiger partial charge in [0.15, 0.2) is 12.1 Å². The van der Waals surface area contributed by atoms with Crippen molar-refractivity contribution in [3.63, 3.8) is 0 Å². The van der Waals surface area contributed by atoms with Gasteiger partial charge < -0.3 is 19.3 Å². The van der Waals surface area contributed by atoms with Crippen LogP contribution in [-0.2, 0) is 14.2 Å². The first-order chi connectivity index (χ1) is 6.39. The number of hydrogen-bond donors (Lipinski definition) is 1. The lowest BCUT2D eigenvalue weighted by molar-refractivity contribution is -0.226. The molecule has 0 spiro atoms. The monoisotopic (exact) mass is 202 g/mol. The summed E-state index contributed by atoms with van der Waals surface area (Å²) < 4.78 is 16.7. The van der Waals surface area contributed by atoms with Crippen LogP contribution in [0.5, 0.6) is 0 Å². The third kappa shape index (κ3) is 1.29. The van der Waals surface area contributed by atoms with Crippen molar-refractivity contribution in [1.82, 2.24) is 0 Å². The van der Waals surface area contributed by atoms with Gasteiger partial charge in [0, 0.05) is 0 Å². The van der Waals surface area contributed by atoms with Crippen LogP contribution in [0.1, 0.15) is 34.1 Å². The molecule has 0 aliphatic carbocycles. The van der Waals surface area contributed by atoms with Gasteiger partial charge in [-0.2, -0.15) is 0 Å². The van der Waals surface area contributed by atoms with E-state index >= 15 is 0 Å². The SMILES string of the molecule is CC[C@@]1(O)[C@@H](C)O[C@@H]2OC(C)(C)O[C@@H]21. The second-order valence-corrected chi connectivity index (χ2v) is 4.55. The second-order valence-electron chi connectivity index (χ2n) is 4.55. The summed E-state index contributed by atoms with van der Waals surface area (Å²) in [4.78, 5) is 0. The van der Waals surface area contributed by atoms with E-state index in [4.69, 9.17) is 14.2 Å². The Morgan fingerprint density at radius 3 is 2.50 bits per heavy atom. The standard InChI is InChI=1S/C10H18O4/c1-5-10(11)6(2)12-8-7(10)13-9(3,4)14-8/h6-8,11H,5H2,1-4H3/t6-,7+,8-,10-/m1/s1. The minimum atomic E-state index is -0.918. The summed E-state index contributed by atoms with van der Waals surface area (Å²) in [6, 6.07) is 0. The molecule has 2 fully saturated rings. The summed E-state index contributed by atoms with van der Waals surface area (Å²) in [6.07, 6.45) is -0.421. The Labute approximate surface area is 84.1 Å². The fourth-order valence-corrected chi connectivity index (χ4v) is 2.21. The van der Waals surface area contributed by atoms with Crippen molar-refractivity contribution >= 4 is 0 Å². The van der Waals surface area contributed by atoms with Gasteiger partial charge >= 0.3 is 0 Å². The van der Waals surface area contributed by atoms with E-state index < -0.39 is 17.7 Å². The van der Waals surface area contributed by atoms with E-state index in [-0.39, 0.29) is 12.2 Å². The number of ether oxygens (including phenoxy) is 3. The van der Waals surface area contributed by atoms with Crippen LogP contribution in [0.15, 0.2) is 0 Å². The molecule has 0 aromatic carbocycles. The molecule has 0 saturated carbocycles. The number of aliphatic hydroxyl groups is 1. The molecule has 4 heteroatoms. The summed E-state index contributed by atoms with van der Waals surface area (Å²) in [5, 5.41) is 10.3. The summed E-state index contributed by atoms with van der Waals surface area (Å²) in [6.45, 7) is 7.43. The largest absolute Gasteiger partial charge is 0.384 e. The zero-order valence-corrected chi connectivity index (χ0v) is 9.11. The lowest BCUT2D eigenvalue weighted by Gasteiger charge is -2.30. The quantitative estimate of drug-likeness (QED) is 0.689. The molecule has 0 aromatic rings. The van der Waals surface area contributed by atoms with Crippen molar-refractivity contribution < 1.29 is 19.3 Å². The maximum atomic E-state index is 10.3. The molecule has 14 heavy (non-hydrogen) atoms. The highest BCUT2D eigenvalue weighted by atomic mass is 16.8. The Morgan fingerprint density at radius 1 is 1.29 bits per heavy atom. The van der Waals surface area contributed by atoms with Gasteiger partial charge in [0.1, 0.15) is 11.7 Å². The van der Waals surface area contributed by atoms with E-state index in [9.17, 15) is 5.11 Å². The van der Waals surface area contributed by atoms with Crippen molar-refractivity contribution in [2.24, 2.45) is 0 Å². The molecule has 1 N–H and O–H groups in total. The van der Waals surface area contributed by atoms with Gasteiger partial charge in [-0.25, -0.2) is 0 Å². The maximum Gasteiger partial charge on any atom is 0.190 e. The van der Waals surface area contributed by atoms with Gasteiger partial charge in [-0.05, 0) is 27.2 Å². The zero-order valence-electron chi connectivity index (χ0n) is 9.11. The molecule has 2 heterocycles. The lowest BCUT2D eigenvalue weighted by Crippen LogP contribution is -2.47. The van der Waals surface area contributed by atoms with Crippen molar-refractivity contribution in [1.29, 1.82) is 0 Å². The number of hydrogen-bond acceptors (Lipinski definition) is 4. The minimum Gasteiger partial charge on any atom is -0.384 e. The molecule has 4 atom stereocenters. The topological polar surface area (TPSA) is 47.9 Å². The maximum absolute atomic E-state index is 10.3. The van der Waals surface area contributed by atoms with Crippen molar-refractivity contribution in [3.05, 3.63) is 0 Å². The molecule has 0 bridgehead atoms. The fraction of sp³-hybridized carbons (Fsp3) is 1.00. The second kappa shape index (κ2) is 2.92. The predicted molar refractivity (Wildman–Crippen MR) is 49.6 cm³/mol. The van der Waals surface area contributed by atoms with Gasteiger partial charge in [-0.15, -0.1) is 0 Å². The van der Waals surface area contributed by atoms with E-state index in [0.717, 1.165) is 0 Å². The van der Waals surface area contributed by atoms with E-state index in [2.05, 4.69) is 0 Å². The first-order valence-electron chi connectivity index (χ1n) is 5.12. The molecule has 0 amide bonds. The summed E-state index contributed by atoms with van der Waals surface area (Å²) in [5.41, 5.74) is -0.918. The van der Waals surface area contributed by atoms with Crippen molar-refractivity contribution in [3.8, 4) is 0 Å². The summed E-state index contributed by atoms with van der Waals surface area (Å²) in [7, 11) is 0. The fourth-order valence-electron chi connectivity index (χ4n) is 2.21. The zero-order chi connectivity index (χ0) is 10.6. The molecule has 2 aliphatic heterocycles. The van der Waals surface area contributed by atoms with E-state index in [1.807, 2.05) is 27.7 Å². The molecular weight excluding hydrogens is 184 g/mol. The number of fused-ring (bicyclic) bond motifs is 1. The first kappa shape index (κ1) is 10.4. The lowest BCUT2D eigenvalue weighted by atomic mass is 9.91. The van der Waals surface area contributed by atoms with Crippen LogP contribution in [0.25, 0.3) is 0 Å². The molecule has 0 unspecified atom stereocenters. The molecule has 2 aliphatic rings. The van der Waals surface area contributed by atoms with Crippen molar-refractivity contribution in [2.45, 2.75) is 64.0 Å². The molecule has 4 nitrogen and oxygen atoms in total. The average Bonchev–Trinajstić information content (AvgIpc) is 2.48. The van der Waals surface area contributed by atoms with E-state index in [1.54, 1.807) is 0 Å². The van der Waals surface area contributed by atoms with E-state index in [1.165, 1.54) is 0 Å². The van der Waals surface area contributed by atoms with Crippen LogP contribution in [0.4, 0.5) is 0 Å². The van der Waals surface area contributed by atoms with E-state index in [0.29, 0.717) is 6.42 Å². The highest BCUT2D eigenvalue weighted by molar-refractivity contribution is 5.02. The molecule has 0 radical (unpaired) electrons. The third-order valence-corrected chi connectivity index (χ3v) is 3.16. The summed E-state index contributed by atoms with van der Waals surface area (Å²) in [5.74, 6) is -0.654. The molecule has 2 rings (SSSR count). The van der Waals surface area contributed by atoms with Gasteiger partial charge in [-0.1, -0.05) is 6.92 Å². The van der Waals surface area contributed by atoms with Crippen LogP contribution in [-0.4, -0.2) is 35.0 Å². The summed E-state index contributed by atoms with van der Waals surface area (Å²) >= 11 is 0. The molecular formula is C10H18O4. The van der Waals surface area contributed by atoms with Crippen LogP contribution in [0.3, 0.4) is 0 Å². The van der Waals surface area contributed by atoms with Gasteiger partial charge in [-0.3, -0.25) is 0 Å². The van der Waals surface area contributed by atoms with Gasteiger partial charge in [0.2, 0.25) is 0 Å². The highest BCUT2D eigenvalue weighted by Gasteiger charge is 2.60. The normalized spacial score (nSPS) is 50.8. The Hall–Kier alpha value is -0.160. The minimum absolute atomic E-state index is 0.237. The first-order valence-corrected chi connectivity index (χ1v) is 5.12. The Kier molecular flexibility index (Phi) is 2.16. The third-order valence-electron chi connectivity index (χ3n) is 3.16. The Balaban J connectivity index is 2.22. The predicted octanol–water partition coefficient (Wildman–Crippen LogP) is 1.02. The van der Waals surface area contributed by atoms with Gasteiger partial charge in [0.05, 0.1) is 6.10 Å². The average molecular weight is 202 g/mol. The van der Waals surface area contributed by atoms with Crippen molar-refractivity contribution in [2.75, 3.05) is 0 Å². The van der Waals surface area contributed by atoms with Gasteiger partial charge in [0.25, 0.3) is 0 Å². The van der Waals surface area contributed by atoms with Crippen LogP contribution < -0.4 is 0 Å². The Morgan fingerprint density at radius 2 is 1.93 bits per heavy atom. The Bertz CT molecular complexity index is 240.